The fourth-order valence-corrected chi connectivity index (χ4v) is 2.63. The first kappa shape index (κ1) is 13.5. The number of hydrogen-bond donors (Lipinski definition) is 2. The van der Waals surface area contributed by atoms with Gasteiger partial charge in [-0.05, 0) is 50.7 Å². The molecule has 1 heterocycles. The third kappa shape index (κ3) is 3.17. The summed E-state index contributed by atoms with van der Waals surface area (Å²) in [6.45, 7) is 3.30. The second-order valence-corrected chi connectivity index (χ2v) is 6.15. The zero-order chi connectivity index (χ0) is 14.1. The van der Waals surface area contributed by atoms with Gasteiger partial charge in [0.25, 0.3) is 0 Å². The lowest BCUT2D eigenvalue weighted by molar-refractivity contribution is -0.116. The van der Waals surface area contributed by atoms with Crippen LogP contribution in [-0.2, 0) is 11.3 Å². The lowest BCUT2D eigenvalue weighted by Gasteiger charge is -2.07. The number of hydrogen-bond acceptors (Lipinski definition) is 3. The molecular weight excluding hydrogens is 272 g/mol. The second-order valence-electron chi connectivity index (χ2n) is 5.77. The van der Waals surface area contributed by atoms with Crippen LogP contribution in [0.25, 0.3) is 0 Å². The maximum atomic E-state index is 11.8. The number of aromatic nitrogens is 3. The van der Waals surface area contributed by atoms with E-state index < -0.39 is 0 Å². The minimum absolute atomic E-state index is 0.00242. The molecule has 1 aromatic rings. The molecule has 0 aromatic carbocycles. The molecule has 1 aromatic heterocycles. The van der Waals surface area contributed by atoms with Crippen molar-refractivity contribution >= 4 is 18.1 Å². The van der Waals surface area contributed by atoms with Crippen LogP contribution >= 0.6 is 12.2 Å². The van der Waals surface area contributed by atoms with Gasteiger partial charge in [0.1, 0.15) is 5.82 Å². The first-order valence-corrected chi connectivity index (χ1v) is 7.67. The van der Waals surface area contributed by atoms with Crippen molar-refractivity contribution in [3.63, 3.8) is 0 Å². The number of allylic oxidation sites excluding steroid dienone is 1. The predicted molar refractivity (Wildman–Crippen MR) is 78.9 cm³/mol. The summed E-state index contributed by atoms with van der Waals surface area (Å²) in [5, 5.41) is 10.0. The van der Waals surface area contributed by atoms with Crippen molar-refractivity contribution in [3.8, 4) is 0 Å². The molecule has 0 saturated heterocycles. The minimum atomic E-state index is -0.00242. The Kier molecular flexibility index (Phi) is 3.74. The molecule has 2 fully saturated rings. The van der Waals surface area contributed by atoms with Crippen molar-refractivity contribution in [2.75, 3.05) is 6.54 Å². The lowest BCUT2D eigenvalue weighted by atomic mass is 10.2. The van der Waals surface area contributed by atoms with Gasteiger partial charge in [-0.1, -0.05) is 5.57 Å². The van der Waals surface area contributed by atoms with Gasteiger partial charge < -0.3 is 9.88 Å². The number of aromatic amines is 1. The smallest absolute Gasteiger partial charge is 0.243 e. The van der Waals surface area contributed by atoms with E-state index in [4.69, 9.17) is 12.2 Å². The molecule has 0 aliphatic heterocycles. The van der Waals surface area contributed by atoms with Crippen LogP contribution in [0.4, 0.5) is 0 Å². The molecule has 1 amide bonds. The van der Waals surface area contributed by atoms with Crippen molar-refractivity contribution in [1.82, 2.24) is 20.1 Å². The Morgan fingerprint density at radius 3 is 2.90 bits per heavy atom. The van der Waals surface area contributed by atoms with E-state index in [9.17, 15) is 4.79 Å². The molecule has 2 aliphatic carbocycles. The first-order chi connectivity index (χ1) is 9.65. The van der Waals surface area contributed by atoms with Crippen LogP contribution in [0.1, 0.15) is 44.3 Å². The Morgan fingerprint density at radius 2 is 2.25 bits per heavy atom. The molecule has 0 atom stereocenters. The third-order valence-corrected chi connectivity index (χ3v) is 4.26. The number of amides is 1. The van der Waals surface area contributed by atoms with Crippen molar-refractivity contribution in [3.05, 3.63) is 22.2 Å². The summed E-state index contributed by atoms with van der Waals surface area (Å²) in [7, 11) is 0. The summed E-state index contributed by atoms with van der Waals surface area (Å²) in [4.78, 5) is 11.8. The van der Waals surface area contributed by atoms with E-state index in [2.05, 4.69) is 15.5 Å². The Bertz CT molecular complexity index is 593. The number of H-pyrrole nitrogens is 1. The average Bonchev–Trinajstić information content (AvgIpc) is 3.29. The standard InChI is InChI=1S/C14H20N4OS/c1-9(10-2-3-10)8-12(19)15-6-7-18-13(11-4-5-11)16-17-14(18)20/h8,10-11H,2-7H2,1H3,(H,15,19)(H,17,20). The molecule has 2 aliphatic rings. The monoisotopic (exact) mass is 292 g/mol. The van der Waals surface area contributed by atoms with Crippen LogP contribution in [-0.4, -0.2) is 27.2 Å². The molecule has 0 bridgehead atoms. The number of nitrogens with zero attached hydrogens (tertiary/aromatic N) is 2. The van der Waals surface area contributed by atoms with Crippen molar-refractivity contribution in [1.29, 1.82) is 0 Å². The number of carbonyl (C=O) groups is 1. The van der Waals surface area contributed by atoms with Gasteiger partial charge in [0, 0.05) is 25.1 Å². The van der Waals surface area contributed by atoms with Crippen LogP contribution in [0.15, 0.2) is 11.6 Å². The maximum Gasteiger partial charge on any atom is 0.243 e. The molecule has 0 unspecified atom stereocenters. The number of carbonyl (C=O) groups excluding carboxylic acids is 1. The van der Waals surface area contributed by atoms with E-state index in [0.717, 1.165) is 5.82 Å². The Labute approximate surface area is 123 Å². The predicted octanol–water partition coefficient (Wildman–Crippen LogP) is 2.29. The zero-order valence-electron chi connectivity index (χ0n) is 11.7. The lowest BCUT2D eigenvalue weighted by Crippen LogP contribution is -2.26. The molecule has 6 heteroatoms. The van der Waals surface area contributed by atoms with E-state index in [0.29, 0.717) is 29.7 Å². The largest absolute Gasteiger partial charge is 0.351 e. The van der Waals surface area contributed by atoms with E-state index in [1.165, 1.54) is 31.3 Å². The highest BCUT2D eigenvalue weighted by molar-refractivity contribution is 7.71. The summed E-state index contributed by atoms with van der Waals surface area (Å²) in [5.74, 6) is 2.23. The van der Waals surface area contributed by atoms with Gasteiger partial charge in [0.15, 0.2) is 4.77 Å². The van der Waals surface area contributed by atoms with Gasteiger partial charge in [-0.25, -0.2) is 0 Å². The van der Waals surface area contributed by atoms with Gasteiger partial charge in [-0.2, -0.15) is 5.10 Å². The molecule has 108 valence electrons. The minimum Gasteiger partial charge on any atom is -0.351 e. The van der Waals surface area contributed by atoms with Crippen molar-refractivity contribution < 1.29 is 4.79 Å². The van der Waals surface area contributed by atoms with Crippen molar-refractivity contribution in [2.24, 2.45) is 5.92 Å². The fraction of sp³-hybridized carbons (Fsp3) is 0.643. The Hall–Kier alpha value is -1.43. The van der Waals surface area contributed by atoms with Gasteiger partial charge >= 0.3 is 0 Å². The quantitative estimate of drug-likeness (QED) is 0.624. The van der Waals surface area contributed by atoms with E-state index >= 15 is 0 Å². The molecule has 2 saturated carbocycles. The van der Waals surface area contributed by atoms with Gasteiger partial charge in [-0.15, -0.1) is 0 Å². The van der Waals surface area contributed by atoms with Crippen LogP contribution in [0.2, 0.25) is 0 Å². The highest BCUT2D eigenvalue weighted by Gasteiger charge is 2.28. The Morgan fingerprint density at radius 1 is 1.50 bits per heavy atom. The fourth-order valence-electron chi connectivity index (χ4n) is 2.40. The van der Waals surface area contributed by atoms with Crippen molar-refractivity contribution in [2.45, 2.75) is 45.1 Å². The van der Waals surface area contributed by atoms with Crippen LogP contribution < -0.4 is 5.32 Å². The summed E-state index contributed by atoms with van der Waals surface area (Å²) in [5.41, 5.74) is 1.20. The molecule has 0 radical (unpaired) electrons. The molecular formula is C14H20N4OS. The van der Waals surface area contributed by atoms with E-state index in [1.54, 1.807) is 6.08 Å². The molecule has 20 heavy (non-hydrogen) atoms. The normalized spacial score (nSPS) is 19.1. The average molecular weight is 292 g/mol. The second kappa shape index (κ2) is 5.52. The van der Waals surface area contributed by atoms with Gasteiger partial charge in [0.05, 0.1) is 0 Å². The summed E-state index contributed by atoms with van der Waals surface area (Å²) in [6, 6.07) is 0. The molecule has 2 N–H and O–H groups in total. The highest BCUT2D eigenvalue weighted by Crippen LogP contribution is 2.38. The Balaban J connectivity index is 1.52. The first-order valence-electron chi connectivity index (χ1n) is 7.26. The SMILES string of the molecule is CC(=CC(=O)NCCn1c(C2CC2)n[nH]c1=S)C1CC1. The molecule has 5 nitrogen and oxygen atoms in total. The topological polar surface area (TPSA) is 62.7 Å². The molecule has 3 rings (SSSR count). The van der Waals surface area contributed by atoms with Gasteiger partial charge in [0.2, 0.25) is 5.91 Å². The molecule has 0 spiro atoms. The summed E-state index contributed by atoms with van der Waals surface area (Å²) in [6.07, 6.45) is 6.56. The van der Waals surface area contributed by atoms with Crippen LogP contribution in [0.3, 0.4) is 0 Å². The summed E-state index contributed by atoms with van der Waals surface area (Å²) >= 11 is 5.23. The van der Waals surface area contributed by atoms with E-state index in [1.807, 2.05) is 11.5 Å². The third-order valence-electron chi connectivity index (χ3n) is 3.95. The maximum absolute atomic E-state index is 11.8. The van der Waals surface area contributed by atoms with Crippen LogP contribution in [0, 0.1) is 10.7 Å². The highest BCUT2D eigenvalue weighted by atomic mass is 32.1. The van der Waals surface area contributed by atoms with Crippen LogP contribution in [0.5, 0.6) is 0 Å². The number of rotatable bonds is 6. The number of nitrogens with one attached hydrogen (secondary N) is 2. The van der Waals surface area contributed by atoms with E-state index in [-0.39, 0.29) is 5.91 Å². The zero-order valence-corrected chi connectivity index (χ0v) is 12.5. The summed E-state index contributed by atoms with van der Waals surface area (Å²) < 4.78 is 2.65. The van der Waals surface area contributed by atoms with Gasteiger partial charge in [-0.3, -0.25) is 9.89 Å².